The highest BCUT2D eigenvalue weighted by molar-refractivity contribution is 5.89. The average molecular weight is 488 g/mol. The van der Waals surface area contributed by atoms with Gasteiger partial charge in [0.25, 0.3) is 0 Å². The number of benzene rings is 5. The third-order valence-corrected chi connectivity index (χ3v) is 8.47. The molecule has 0 saturated heterocycles. The van der Waals surface area contributed by atoms with Crippen molar-refractivity contribution >= 4 is 0 Å². The van der Waals surface area contributed by atoms with Gasteiger partial charge in [0.1, 0.15) is 0 Å². The largest absolute Gasteiger partial charge is 0.312 e. The molecule has 2 aliphatic rings. The van der Waals surface area contributed by atoms with Gasteiger partial charge in [-0.05, 0) is 82.3 Å². The van der Waals surface area contributed by atoms with Gasteiger partial charge in [0, 0.05) is 5.56 Å². The highest BCUT2D eigenvalue weighted by Crippen LogP contribution is 2.60. The van der Waals surface area contributed by atoms with Crippen molar-refractivity contribution in [3.63, 3.8) is 0 Å². The zero-order valence-electron chi connectivity index (χ0n) is 21.9. The summed E-state index contributed by atoms with van der Waals surface area (Å²) in [5.41, 5.74) is 16.8. The van der Waals surface area contributed by atoms with Gasteiger partial charge in [-0.15, -0.1) is 0 Å². The van der Waals surface area contributed by atoms with Crippen LogP contribution in [-0.4, -0.2) is 0 Å². The van der Waals surface area contributed by atoms with E-state index in [2.05, 4.69) is 122 Å². The van der Waals surface area contributed by atoms with Crippen molar-refractivity contribution in [2.45, 2.75) is 38.6 Å². The third-order valence-electron chi connectivity index (χ3n) is 8.47. The summed E-state index contributed by atoms with van der Waals surface area (Å²) in [7, 11) is 0. The van der Waals surface area contributed by atoms with Crippen LogP contribution in [-0.2, 0) is 24.8 Å². The Balaban J connectivity index is 1.55. The molecular weight excluding hydrogens is 458 g/mol. The lowest BCUT2D eigenvalue weighted by Gasteiger charge is -2.40. The minimum Gasteiger partial charge on any atom is -0.312 e. The zero-order chi connectivity index (χ0) is 25.9. The van der Waals surface area contributed by atoms with Crippen LogP contribution in [0, 0.1) is 20.4 Å². The lowest BCUT2D eigenvalue weighted by molar-refractivity contribution is 0.720. The van der Waals surface area contributed by atoms with Crippen LogP contribution < -0.4 is 0 Å². The molecule has 38 heavy (non-hydrogen) atoms. The van der Waals surface area contributed by atoms with Gasteiger partial charge >= 0.3 is 0 Å². The molecule has 5 aromatic rings. The van der Waals surface area contributed by atoms with E-state index in [1.54, 1.807) is 0 Å². The van der Waals surface area contributed by atoms with Crippen molar-refractivity contribution in [3.8, 4) is 11.1 Å². The summed E-state index contributed by atoms with van der Waals surface area (Å²) in [5.74, 6) is 0. The van der Waals surface area contributed by atoms with Crippen LogP contribution in [0.15, 0.2) is 103 Å². The number of aryl methyl sites for hydroxylation is 2. The first-order valence-electron chi connectivity index (χ1n) is 13.4. The second kappa shape index (κ2) is 8.57. The molecule has 0 bridgehead atoms. The molecular formula is C37H29N. The van der Waals surface area contributed by atoms with Gasteiger partial charge < -0.3 is 4.85 Å². The fourth-order valence-electron chi connectivity index (χ4n) is 7.24. The number of rotatable bonds is 3. The number of hydrogen-bond donors (Lipinski definition) is 0. The molecule has 2 aliphatic carbocycles. The van der Waals surface area contributed by atoms with E-state index >= 15 is 0 Å². The second-order valence-electron chi connectivity index (χ2n) is 10.9. The van der Waals surface area contributed by atoms with E-state index in [1.165, 1.54) is 66.8 Å². The van der Waals surface area contributed by atoms with Crippen LogP contribution in [0.5, 0.6) is 0 Å². The number of hydrogen-bond acceptors (Lipinski definition) is 0. The third kappa shape index (κ3) is 3.24. The molecule has 1 spiro atoms. The molecule has 0 N–H and O–H groups in total. The summed E-state index contributed by atoms with van der Waals surface area (Å²) in [5, 5.41) is 0. The Morgan fingerprint density at radius 1 is 0.658 bits per heavy atom. The first kappa shape index (κ1) is 22.8. The predicted octanol–water partition coefficient (Wildman–Crippen LogP) is 8.58. The molecule has 0 fully saturated rings. The van der Waals surface area contributed by atoms with Gasteiger partial charge in [-0.2, -0.15) is 0 Å². The lowest BCUT2D eigenvalue weighted by atomic mass is 9.61. The highest BCUT2D eigenvalue weighted by Gasteiger charge is 2.50. The van der Waals surface area contributed by atoms with Gasteiger partial charge in [0.05, 0.1) is 5.41 Å². The normalized spacial score (nSPS) is 13.8. The molecule has 0 saturated carbocycles. The monoisotopic (exact) mass is 487 g/mol. The SMILES string of the molecule is [C-]#[N+]Cc1cccc2c1-c1ccc(Cc3cc(C)cc(C)c3)cc1C21c2ccccc2Cc2ccccc21. The maximum Gasteiger partial charge on any atom is 0.240 e. The first-order valence-corrected chi connectivity index (χ1v) is 13.4. The van der Waals surface area contributed by atoms with Crippen LogP contribution >= 0.6 is 0 Å². The van der Waals surface area contributed by atoms with Crippen LogP contribution in [0.3, 0.4) is 0 Å². The van der Waals surface area contributed by atoms with Crippen LogP contribution in [0.4, 0.5) is 0 Å². The maximum atomic E-state index is 7.68. The summed E-state index contributed by atoms with van der Waals surface area (Å²) in [6.45, 7) is 12.4. The van der Waals surface area contributed by atoms with Crippen molar-refractivity contribution < 1.29 is 0 Å². The molecule has 0 atom stereocenters. The van der Waals surface area contributed by atoms with Crippen molar-refractivity contribution in [1.29, 1.82) is 0 Å². The van der Waals surface area contributed by atoms with Gasteiger partial charge in [0.2, 0.25) is 6.54 Å². The van der Waals surface area contributed by atoms with E-state index in [0.29, 0.717) is 6.54 Å². The number of nitrogens with zero attached hydrogens (tertiary/aromatic N) is 1. The van der Waals surface area contributed by atoms with Crippen LogP contribution in [0.25, 0.3) is 16.0 Å². The Kier molecular flexibility index (Phi) is 5.14. The summed E-state index contributed by atoms with van der Waals surface area (Å²) in [6.07, 6.45) is 1.85. The Bertz CT molecular complexity index is 1720. The first-order chi connectivity index (χ1) is 18.6. The van der Waals surface area contributed by atoms with Gasteiger partial charge in [-0.3, -0.25) is 0 Å². The Hall–Kier alpha value is -4.41. The van der Waals surface area contributed by atoms with Crippen LogP contribution in [0.2, 0.25) is 0 Å². The molecule has 0 unspecified atom stereocenters. The highest BCUT2D eigenvalue weighted by atomic mass is 14.6. The second-order valence-corrected chi connectivity index (χ2v) is 10.9. The minimum atomic E-state index is -0.382. The molecule has 0 aromatic heterocycles. The zero-order valence-corrected chi connectivity index (χ0v) is 21.9. The van der Waals surface area contributed by atoms with Crippen molar-refractivity contribution in [2.75, 3.05) is 0 Å². The fourth-order valence-corrected chi connectivity index (χ4v) is 7.24. The number of fused-ring (bicyclic) bond motifs is 9. The molecule has 7 rings (SSSR count). The Morgan fingerprint density at radius 3 is 2.00 bits per heavy atom. The minimum absolute atomic E-state index is 0.382. The Morgan fingerprint density at radius 2 is 1.32 bits per heavy atom. The molecule has 0 aliphatic heterocycles. The molecule has 1 nitrogen and oxygen atoms in total. The van der Waals surface area contributed by atoms with Crippen molar-refractivity contribution in [1.82, 2.24) is 0 Å². The van der Waals surface area contributed by atoms with Crippen LogP contribution in [0.1, 0.15) is 61.2 Å². The quantitative estimate of drug-likeness (QED) is 0.220. The maximum absolute atomic E-state index is 7.68. The smallest absolute Gasteiger partial charge is 0.240 e. The lowest BCUT2D eigenvalue weighted by Crippen LogP contribution is -2.34. The van der Waals surface area contributed by atoms with E-state index in [4.69, 9.17) is 6.57 Å². The van der Waals surface area contributed by atoms with E-state index in [0.717, 1.165) is 18.4 Å². The topological polar surface area (TPSA) is 4.36 Å². The molecule has 0 heterocycles. The molecule has 1 heteroatoms. The van der Waals surface area contributed by atoms with Gasteiger partial charge in [-0.1, -0.05) is 114 Å². The van der Waals surface area contributed by atoms with Gasteiger partial charge in [-0.25, -0.2) is 6.57 Å². The fraction of sp³-hybridized carbons (Fsp3) is 0.162. The summed E-state index contributed by atoms with van der Waals surface area (Å²) >= 11 is 0. The predicted molar refractivity (Wildman–Crippen MR) is 156 cm³/mol. The van der Waals surface area contributed by atoms with E-state index in [1.807, 2.05) is 0 Å². The summed E-state index contributed by atoms with van der Waals surface area (Å²) < 4.78 is 0. The van der Waals surface area contributed by atoms with E-state index < -0.39 is 0 Å². The summed E-state index contributed by atoms with van der Waals surface area (Å²) in [6, 6.07) is 38.6. The standard InChI is InChI=1S/C37H29N/c1-24-17-25(2)19-27(18-24)20-26-15-16-31-35(21-26)37(34-14-8-11-30(23-38-3)36(31)34)32-12-6-4-9-28(32)22-29-10-5-7-13-33(29)37/h4-19,21H,20,22-23H2,1-2H3. The molecule has 5 aromatic carbocycles. The summed E-state index contributed by atoms with van der Waals surface area (Å²) in [4.78, 5) is 3.82. The average Bonchev–Trinajstić information content (AvgIpc) is 3.20. The molecule has 182 valence electrons. The van der Waals surface area contributed by atoms with Crippen molar-refractivity contribution in [2.24, 2.45) is 0 Å². The van der Waals surface area contributed by atoms with E-state index in [-0.39, 0.29) is 5.41 Å². The molecule has 0 amide bonds. The van der Waals surface area contributed by atoms with Crippen molar-refractivity contribution in [3.05, 3.63) is 176 Å². The molecule has 0 radical (unpaired) electrons. The van der Waals surface area contributed by atoms with E-state index in [9.17, 15) is 0 Å². The Labute approximate surface area is 225 Å². The van der Waals surface area contributed by atoms with Gasteiger partial charge in [0.15, 0.2) is 0 Å².